The molecule has 0 saturated carbocycles. The van der Waals surface area contributed by atoms with Crippen LogP contribution in [-0.2, 0) is 22.6 Å². The number of nitrogens with two attached hydrogens (primary N) is 1. The first-order valence-corrected chi connectivity index (χ1v) is 9.07. The third-order valence-electron chi connectivity index (χ3n) is 4.27. The Labute approximate surface area is 168 Å². The van der Waals surface area contributed by atoms with Crippen molar-refractivity contribution >= 4 is 23.4 Å². The number of anilines is 1. The van der Waals surface area contributed by atoms with Gasteiger partial charge in [0, 0.05) is 24.8 Å². The summed E-state index contributed by atoms with van der Waals surface area (Å²) in [5.74, 6) is -1.50. The lowest BCUT2D eigenvalue weighted by Crippen LogP contribution is -2.53. The van der Waals surface area contributed by atoms with Crippen LogP contribution in [0.25, 0.3) is 0 Å². The fraction of sp³-hybridized carbons (Fsp3) is 0.286. The zero-order valence-electron chi connectivity index (χ0n) is 16.6. The summed E-state index contributed by atoms with van der Waals surface area (Å²) in [7, 11) is 1.49. The summed E-state index contributed by atoms with van der Waals surface area (Å²) < 4.78 is 13.0. The largest absolute Gasteiger partial charge is 0.357 e. The number of benzene rings is 2. The van der Waals surface area contributed by atoms with Crippen molar-refractivity contribution in [1.29, 1.82) is 0 Å². The maximum absolute atomic E-state index is 13.0. The van der Waals surface area contributed by atoms with Gasteiger partial charge in [0.15, 0.2) is 0 Å². The van der Waals surface area contributed by atoms with Crippen molar-refractivity contribution in [1.82, 2.24) is 10.6 Å². The van der Waals surface area contributed by atoms with E-state index in [1.807, 2.05) is 0 Å². The maximum atomic E-state index is 13.0. The van der Waals surface area contributed by atoms with E-state index in [0.717, 1.165) is 0 Å². The number of nitrogens with one attached hydrogen (secondary N) is 3. The zero-order chi connectivity index (χ0) is 21.6. The fourth-order valence-electron chi connectivity index (χ4n) is 2.73. The highest BCUT2D eigenvalue weighted by molar-refractivity contribution is 6.00. The van der Waals surface area contributed by atoms with E-state index in [1.54, 1.807) is 26.0 Å². The number of likely N-dealkylation sites (N-methyl/N-ethyl adjacent to an activating group) is 1. The van der Waals surface area contributed by atoms with Crippen LogP contribution in [0.2, 0.25) is 0 Å². The van der Waals surface area contributed by atoms with Gasteiger partial charge in [-0.1, -0.05) is 12.1 Å². The summed E-state index contributed by atoms with van der Waals surface area (Å²) in [6.45, 7) is 3.34. The average molecular weight is 400 g/mol. The molecule has 0 saturated heterocycles. The summed E-state index contributed by atoms with van der Waals surface area (Å²) in [6.07, 6.45) is 0.0539. The van der Waals surface area contributed by atoms with Crippen molar-refractivity contribution in [2.45, 2.75) is 32.4 Å². The van der Waals surface area contributed by atoms with Gasteiger partial charge in [-0.3, -0.25) is 14.4 Å². The molecule has 0 atom stereocenters. The summed E-state index contributed by atoms with van der Waals surface area (Å²) in [5.41, 5.74) is 6.57. The first-order valence-electron chi connectivity index (χ1n) is 9.07. The maximum Gasteiger partial charge on any atom is 0.252 e. The second kappa shape index (κ2) is 9.29. The summed E-state index contributed by atoms with van der Waals surface area (Å²) >= 11 is 0. The van der Waals surface area contributed by atoms with Crippen LogP contribution >= 0.6 is 0 Å². The molecular formula is C21H25FN4O3. The van der Waals surface area contributed by atoms with Crippen LogP contribution < -0.4 is 21.7 Å². The van der Waals surface area contributed by atoms with E-state index >= 15 is 0 Å². The molecule has 0 bridgehead atoms. The molecule has 0 aliphatic rings. The van der Waals surface area contributed by atoms with Crippen molar-refractivity contribution in [2.75, 3.05) is 12.4 Å². The first-order chi connectivity index (χ1) is 13.6. The predicted molar refractivity (Wildman–Crippen MR) is 109 cm³/mol. The van der Waals surface area contributed by atoms with Gasteiger partial charge >= 0.3 is 0 Å². The molecule has 0 spiro atoms. The number of carbonyl (C=O) groups excluding carboxylic acids is 3. The Kier molecular flexibility index (Phi) is 7.06. The summed E-state index contributed by atoms with van der Waals surface area (Å²) in [4.78, 5) is 36.8. The smallest absolute Gasteiger partial charge is 0.252 e. The third kappa shape index (κ3) is 6.11. The van der Waals surface area contributed by atoms with Gasteiger partial charge in [0.05, 0.1) is 6.42 Å². The Bertz CT molecular complexity index is 911. The van der Waals surface area contributed by atoms with Gasteiger partial charge in [-0.25, -0.2) is 4.39 Å². The Morgan fingerprint density at radius 1 is 1.03 bits per heavy atom. The quantitative estimate of drug-likeness (QED) is 0.567. The van der Waals surface area contributed by atoms with Crippen molar-refractivity contribution < 1.29 is 18.8 Å². The Morgan fingerprint density at radius 3 is 2.28 bits per heavy atom. The molecule has 0 unspecified atom stereocenters. The van der Waals surface area contributed by atoms with Gasteiger partial charge < -0.3 is 21.7 Å². The highest BCUT2D eigenvalue weighted by Gasteiger charge is 2.29. The fourth-order valence-corrected chi connectivity index (χ4v) is 2.73. The molecule has 0 aromatic heterocycles. The lowest BCUT2D eigenvalue weighted by Gasteiger charge is -2.24. The van der Waals surface area contributed by atoms with E-state index in [1.165, 1.54) is 37.4 Å². The van der Waals surface area contributed by atoms with E-state index in [-0.39, 0.29) is 36.2 Å². The molecule has 8 heteroatoms. The zero-order valence-corrected chi connectivity index (χ0v) is 16.6. The molecule has 154 valence electrons. The molecule has 0 aliphatic carbocycles. The highest BCUT2D eigenvalue weighted by Crippen LogP contribution is 2.17. The molecule has 0 aliphatic heterocycles. The predicted octanol–water partition coefficient (Wildman–Crippen LogP) is 1.72. The Hall–Kier alpha value is -3.26. The molecule has 5 N–H and O–H groups in total. The van der Waals surface area contributed by atoms with Crippen molar-refractivity contribution in [3.63, 3.8) is 0 Å². The van der Waals surface area contributed by atoms with Gasteiger partial charge in [0.1, 0.15) is 11.4 Å². The number of carbonyl (C=O) groups is 3. The van der Waals surface area contributed by atoms with Crippen LogP contribution in [0.4, 0.5) is 10.1 Å². The average Bonchev–Trinajstić information content (AvgIpc) is 2.68. The highest BCUT2D eigenvalue weighted by atomic mass is 19.1. The van der Waals surface area contributed by atoms with Crippen LogP contribution in [0.3, 0.4) is 0 Å². The molecule has 7 nitrogen and oxygen atoms in total. The van der Waals surface area contributed by atoms with Gasteiger partial charge in [-0.2, -0.15) is 0 Å². The molecule has 2 aromatic carbocycles. The van der Waals surface area contributed by atoms with Crippen molar-refractivity contribution in [3.8, 4) is 0 Å². The standard InChI is InChI=1S/C21H25FN4O3/c1-21(2,20(29)24-3)26-19(28)15-8-14(12-23)9-17(11-15)25-18(27)10-13-4-6-16(22)7-5-13/h4-9,11H,10,12,23H2,1-3H3,(H,24,29)(H,25,27)(H,26,28). The molecule has 0 fully saturated rings. The van der Waals surface area contributed by atoms with E-state index < -0.39 is 11.4 Å². The number of amides is 3. The van der Waals surface area contributed by atoms with Crippen LogP contribution in [0, 0.1) is 5.82 Å². The minimum atomic E-state index is -1.11. The van der Waals surface area contributed by atoms with E-state index in [2.05, 4.69) is 16.0 Å². The lowest BCUT2D eigenvalue weighted by molar-refractivity contribution is -0.125. The molecule has 29 heavy (non-hydrogen) atoms. The Balaban J connectivity index is 2.17. The minimum absolute atomic E-state index is 0.0539. The van der Waals surface area contributed by atoms with Gasteiger partial charge in [-0.15, -0.1) is 0 Å². The molecular weight excluding hydrogens is 375 g/mol. The number of hydrogen-bond acceptors (Lipinski definition) is 4. The minimum Gasteiger partial charge on any atom is -0.357 e. The number of rotatable bonds is 7. The molecule has 2 aromatic rings. The number of hydrogen-bond donors (Lipinski definition) is 4. The van der Waals surface area contributed by atoms with E-state index in [9.17, 15) is 18.8 Å². The van der Waals surface area contributed by atoms with Gasteiger partial charge in [0.2, 0.25) is 11.8 Å². The SMILES string of the molecule is CNC(=O)C(C)(C)NC(=O)c1cc(CN)cc(NC(=O)Cc2ccc(F)cc2)c1. The summed E-state index contributed by atoms with van der Waals surface area (Å²) in [6, 6.07) is 10.4. The molecule has 0 radical (unpaired) electrons. The van der Waals surface area contributed by atoms with Crippen molar-refractivity contribution in [2.24, 2.45) is 5.73 Å². The number of halogens is 1. The Morgan fingerprint density at radius 2 is 1.69 bits per heavy atom. The second-order valence-corrected chi connectivity index (χ2v) is 7.13. The van der Waals surface area contributed by atoms with Gasteiger partial charge in [0.25, 0.3) is 5.91 Å². The lowest BCUT2D eigenvalue weighted by atomic mass is 10.0. The third-order valence-corrected chi connectivity index (χ3v) is 4.27. The normalized spacial score (nSPS) is 10.9. The molecule has 2 rings (SSSR count). The summed E-state index contributed by atoms with van der Waals surface area (Å²) in [5, 5.41) is 7.88. The van der Waals surface area contributed by atoms with Crippen LogP contribution in [0.1, 0.15) is 35.3 Å². The van der Waals surface area contributed by atoms with E-state index in [4.69, 9.17) is 5.73 Å². The van der Waals surface area contributed by atoms with E-state index in [0.29, 0.717) is 16.8 Å². The molecule has 3 amide bonds. The monoisotopic (exact) mass is 400 g/mol. The van der Waals surface area contributed by atoms with Gasteiger partial charge in [-0.05, 0) is 55.3 Å². The van der Waals surface area contributed by atoms with Crippen LogP contribution in [0.15, 0.2) is 42.5 Å². The van der Waals surface area contributed by atoms with Crippen LogP contribution in [0.5, 0.6) is 0 Å². The first kappa shape index (κ1) is 22.0. The molecule has 0 heterocycles. The van der Waals surface area contributed by atoms with Crippen molar-refractivity contribution in [3.05, 3.63) is 65.0 Å². The second-order valence-electron chi connectivity index (χ2n) is 7.13. The topological polar surface area (TPSA) is 113 Å². The van der Waals surface area contributed by atoms with Crippen LogP contribution in [-0.4, -0.2) is 30.3 Å².